The summed E-state index contributed by atoms with van der Waals surface area (Å²) in [6, 6.07) is 11.2. The quantitative estimate of drug-likeness (QED) is 0.591. The van der Waals surface area contributed by atoms with Crippen molar-refractivity contribution in [3.8, 4) is 29.7 Å². The van der Waals surface area contributed by atoms with Crippen molar-refractivity contribution in [1.29, 1.82) is 10.5 Å². The highest BCUT2D eigenvalue weighted by Crippen LogP contribution is 2.28. The van der Waals surface area contributed by atoms with E-state index in [9.17, 15) is 17.9 Å². The molecule has 3 rings (SSSR count). The lowest BCUT2D eigenvalue weighted by molar-refractivity contribution is -0.000735. The second-order valence-corrected chi connectivity index (χ2v) is 8.85. The van der Waals surface area contributed by atoms with Crippen molar-refractivity contribution in [2.24, 2.45) is 0 Å². The second-order valence-electron chi connectivity index (χ2n) is 6.94. The number of hydrogen-bond acceptors (Lipinski definition) is 7. The number of nitrogens with zero attached hydrogens (tertiary/aromatic N) is 3. The molecule has 0 aromatic heterocycles. The van der Waals surface area contributed by atoms with Gasteiger partial charge >= 0.3 is 0 Å². The van der Waals surface area contributed by atoms with Crippen LogP contribution < -0.4 is 0 Å². The largest absolute Gasteiger partial charge is 0.508 e. The summed E-state index contributed by atoms with van der Waals surface area (Å²) >= 11 is 0. The molecule has 2 aromatic rings. The maximum Gasteiger partial charge on any atom is 0.244 e. The molecule has 0 amide bonds. The third kappa shape index (κ3) is 5.61. The lowest BCUT2D eigenvalue weighted by Crippen LogP contribution is -2.38. The maximum atomic E-state index is 12.7. The van der Waals surface area contributed by atoms with Crippen LogP contribution in [0.25, 0.3) is 0 Å². The first kappa shape index (κ1) is 24.8. The van der Waals surface area contributed by atoms with Crippen LogP contribution >= 0.6 is 0 Å². The zero-order valence-corrected chi connectivity index (χ0v) is 17.9. The van der Waals surface area contributed by atoms with Crippen LogP contribution in [0.4, 0.5) is 4.39 Å². The van der Waals surface area contributed by atoms with E-state index in [-0.39, 0.29) is 41.3 Å². The zero-order valence-electron chi connectivity index (χ0n) is 17.1. The van der Waals surface area contributed by atoms with Gasteiger partial charge < -0.3 is 15.3 Å². The molecule has 1 aliphatic rings. The van der Waals surface area contributed by atoms with Gasteiger partial charge in [-0.25, -0.2) is 12.8 Å². The smallest absolute Gasteiger partial charge is 0.244 e. The van der Waals surface area contributed by atoms with Gasteiger partial charge in [0.1, 0.15) is 23.2 Å². The van der Waals surface area contributed by atoms with Crippen LogP contribution in [0.5, 0.6) is 5.75 Å². The van der Waals surface area contributed by atoms with Gasteiger partial charge in [0.05, 0.1) is 28.7 Å². The highest BCUT2D eigenvalue weighted by Gasteiger charge is 2.41. The molecule has 0 bridgehead atoms. The highest BCUT2D eigenvalue weighted by atomic mass is 32.2. The molecular weight excluding hydrogens is 437 g/mol. The van der Waals surface area contributed by atoms with E-state index in [1.54, 1.807) is 13.0 Å². The molecule has 32 heavy (non-hydrogen) atoms. The summed E-state index contributed by atoms with van der Waals surface area (Å²) in [6.07, 6.45) is 0.174. The molecule has 1 unspecified atom stereocenters. The molecule has 0 aliphatic carbocycles. The SMILES string of the molecule is CC#Cc1cc(C#N)ccc1S(=O)(=O)N1CCC(O)(CO)C1.N#Cc1ccc(O)cc1F. The Morgan fingerprint density at radius 3 is 2.41 bits per heavy atom. The topological polar surface area (TPSA) is 146 Å². The van der Waals surface area contributed by atoms with E-state index in [1.165, 1.54) is 30.3 Å². The van der Waals surface area contributed by atoms with Gasteiger partial charge in [-0.1, -0.05) is 5.92 Å². The van der Waals surface area contributed by atoms with Crippen molar-refractivity contribution in [1.82, 2.24) is 4.31 Å². The number of phenolic OH excluding ortho intramolecular Hbond substituents is 1. The van der Waals surface area contributed by atoms with E-state index in [2.05, 4.69) is 11.8 Å². The van der Waals surface area contributed by atoms with E-state index in [0.29, 0.717) is 5.56 Å². The summed E-state index contributed by atoms with van der Waals surface area (Å²) in [4.78, 5) is 0.00281. The van der Waals surface area contributed by atoms with Crippen molar-refractivity contribution in [2.45, 2.75) is 23.8 Å². The second kappa shape index (κ2) is 10.2. The predicted octanol–water partition coefficient (Wildman–Crippen LogP) is 1.45. The van der Waals surface area contributed by atoms with Crippen LogP contribution in [0.15, 0.2) is 41.3 Å². The number of hydrogen-bond donors (Lipinski definition) is 3. The summed E-state index contributed by atoms with van der Waals surface area (Å²) in [6.45, 7) is 1.05. The lowest BCUT2D eigenvalue weighted by atomic mass is 10.1. The molecule has 1 atom stereocenters. The van der Waals surface area contributed by atoms with Crippen molar-refractivity contribution in [2.75, 3.05) is 19.7 Å². The van der Waals surface area contributed by atoms with Crippen LogP contribution in [0.3, 0.4) is 0 Å². The number of aliphatic hydroxyl groups excluding tert-OH is 1. The van der Waals surface area contributed by atoms with E-state index >= 15 is 0 Å². The molecule has 10 heteroatoms. The number of phenols is 1. The highest BCUT2D eigenvalue weighted by molar-refractivity contribution is 7.89. The standard InChI is InChI=1S/C15H16N2O4S.C7H4FNO/c1-2-3-13-8-12(9-16)4-5-14(13)22(20,21)17-7-6-15(19,10-17)11-18;8-7-3-6(10)2-1-5(7)4-9/h4-5,8,18-19H,6-7,10-11H2,1H3;1-3,10H. The monoisotopic (exact) mass is 457 g/mol. The lowest BCUT2D eigenvalue weighted by Gasteiger charge is -2.21. The Bertz CT molecular complexity index is 1260. The molecule has 166 valence electrons. The average Bonchev–Trinajstić information content (AvgIpc) is 3.18. The number of halogens is 1. The predicted molar refractivity (Wildman–Crippen MR) is 112 cm³/mol. The summed E-state index contributed by atoms with van der Waals surface area (Å²) in [5.41, 5.74) is -0.889. The molecule has 8 nitrogen and oxygen atoms in total. The van der Waals surface area contributed by atoms with Gasteiger partial charge in [-0.05, 0) is 43.7 Å². The Morgan fingerprint density at radius 1 is 1.16 bits per heavy atom. The van der Waals surface area contributed by atoms with Crippen LogP contribution in [0.2, 0.25) is 0 Å². The Kier molecular flexibility index (Phi) is 7.93. The Hall–Kier alpha value is -3.46. The average molecular weight is 457 g/mol. The van der Waals surface area contributed by atoms with Gasteiger partial charge in [0.25, 0.3) is 0 Å². The number of rotatable bonds is 3. The van der Waals surface area contributed by atoms with Gasteiger partial charge in [0, 0.05) is 24.7 Å². The Balaban J connectivity index is 0.000000303. The fourth-order valence-corrected chi connectivity index (χ4v) is 4.59. The summed E-state index contributed by atoms with van der Waals surface area (Å²) in [5, 5.41) is 45.0. The fraction of sp³-hybridized carbons (Fsp3) is 0.273. The Morgan fingerprint density at radius 2 is 1.88 bits per heavy atom. The van der Waals surface area contributed by atoms with Crippen molar-refractivity contribution >= 4 is 10.0 Å². The minimum atomic E-state index is -3.85. The molecule has 2 aromatic carbocycles. The number of aliphatic hydroxyl groups is 2. The summed E-state index contributed by atoms with van der Waals surface area (Å²) in [7, 11) is -3.85. The molecule has 0 spiro atoms. The molecule has 0 radical (unpaired) electrons. The number of sulfonamides is 1. The van der Waals surface area contributed by atoms with E-state index in [1.807, 2.05) is 6.07 Å². The van der Waals surface area contributed by atoms with Gasteiger partial charge in [-0.3, -0.25) is 0 Å². The minimum absolute atomic E-state index is 0.00281. The first-order chi connectivity index (χ1) is 15.1. The normalized spacial score (nSPS) is 17.8. The maximum absolute atomic E-state index is 12.7. The number of β-amino-alcohol motifs (C(OH)–C–C–N with tert-alkyl or cyclic N) is 1. The number of aromatic hydroxyl groups is 1. The van der Waals surface area contributed by atoms with Crippen LogP contribution in [0.1, 0.15) is 30.0 Å². The molecule has 0 saturated carbocycles. The van der Waals surface area contributed by atoms with Gasteiger partial charge in [-0.2, -0.15) is 14.8 Å². The van der Waals surface area contributed by atoms with Crippen molar-refractivity contribution in [3.63, 3.8) is 0 Å². The first-order valence-electron chi connectivity index (χ1n) is 9.29. The zero-order chi connectivity index (χ0) is 23.9. The Labute approximate surface area is 185 Å². The van der Waals surface area contributed by atoms with Crippen LogP contribution in [-0.4, -0.2) is 53.3 Å². The van der Waals surface area contributed by atoms with Crippen LogP contribution in [-0.2, 0) is 10.0 Å². The van der Waals surface area contributed by atoms with E-state index < -0.39 is 28.0 Å². The molecule has 1 fully saturated rings. The minimum Gasteiger partial charge on any atom is -0.508 e. The summed E-state index contributed by atoms with van der Waals surface area (Å²) in [5.74, 6) is 4.47. The van der Waals surface area contributed by atoms with Gasteiger partial charge in [0.2, 0.25) is 10.0 Å². The molecule has 1 saturated heterocycles. The molecule has 1 aliphatic heterocycles. The third-order valence-corrected chi connectivity index (χ3v) is 6.55. The van der Waals surface area contributed by atoms with E-state index in [4.69, 9.17) is 20.7 Å². The molecular formula is C22H20FN3O5S. The first-order valence-corrected chi connectivity index (χ1v) is 10.7. The van der Waals surface area contributed by atoms with Crippen molar-refractivity contribution in [3.05, 3.63) is 58.9 Å². The van der Waals surface area contributed by atoms with E-state index in [0.717, 1.165) is 10.4 Å². The van der Waals surface area contributed by atoms with Crippen molar-refractivity contribution < 1.29 is 28.1 Å². The fourth-order valence-electron chi connectivity index (χ4n) is 2.94. The molecule has 3 N–H and O–H groups in total. The third-order valence-electron chi connectivity index (χ3n) is 4.65. The number of benzene rings is 2. The molecule has 1 heterocycles. The van der Waals surface area contributed by atoms with Gasteiger partial charge in [-0.15, -0.1) is 5.92 Å². The van der Waals surface area contributed by atoms with Crippen LogP contribution in [0, 0.1) is 40.3 Å². The summed E-state index contributed by atoms with van der Waals surface area (Å²) < 4.78 is 39.0. The van der Waals surface area contributed by atoms with Gasteiger partial charge in [0.15, 0.2) is 0 Å². The number of nitriles is 2.